The van der Waals surface area contributed by atoms with E-state index in [1.165, 1.54) is 0 Å². The van der Waals surface area contributed by atoms with Gasteiger partial charge >= 0.3 is 0 Å². The smallest absolute Gasteiger partial charge is 0.287 e. The predicted octanol–water partition coefficient (Wildman–Crippen LogP) is 2.36. The largest absolute Gasteiger partial charge is 0.497 e. The molecule has 0 radical (unpaired) electrons. The minimum atomic E-state index is -0.660. The van der Waals surface area contributed by atoms with Gasteiger partial charge in [-0.25, -0.2) is 0 Å². The molecule has 0 aliphatic rings. The van der Waals surface area contributed by atoms with Crippen molar-refractivity contribution in [2.24, 2.45) is 5.73 Å². The number of hydrogen-bond acceptors (Lipinski definition) is 5. The Morgan fingerprint density at radius 1 is 1.04 bits per heavy atom. The van der Waals surface area contributed by atoms with E-state index >= 15 is 0 Å². The first-order chi connectivity index (χ1) is 12.0. The van der Waals surface area contributed by atoms with Gasteiger partial charge in [0.25, 0.3) is 5.91 Å². The number of nitrogens with two attached hydrogens (primary N) is 1. The molecule has 1 amide bonds. The number of rotatable bonds is 5. The molecule has 7 heteroatoms. The summed E-state index contributed by atoms with van der Waals surface area (Å²) in [5.41, 5.74) is 7.98. The lowest BCUT2D eigenvalue weighted by Crippen LogP contribution is -2.18. The zero-order valence-corrected chi connectivity index (χ0v) is 14.2. The van der Waals surface area contributed by atoms with Crippen LogP contribution in [0, 0.1) is 6.92 Å². The maximum Gasteiger partial charge on any atom is 0.287 e. The molecule has 25 heavy (non-hydrogen) atoms. The Morgan fingerprint density at radius 3 is 2.36 bits per heavy atom. The van der Waals surface area contributed by atoms with Gasteiger partial charge in [0.05, 0.1) is 19.8 Å². The molecule has 3 rings (SSSR count). The van der Waals surface area contributed by atoms with Gasteiger partial charge in [0.2, 0.25) is 5.82 Å². The van der Waals surface area contributed by atoms with Gasteiger partial charge in [-0.05, 0) is 31.2 Å². The van der Waals surface area contributed by atoms with E-state index < -0.39 is 5.91 Å². The molecule has 0 aliphatic heterocycles. The highest BCUT2D eigenvalue weighted by molar-refractivity contribution is 5.90. The normalized spacial score (nSPS) is 10.5. The highest BCUT2D eigenvalue weighted by atomic mass is 16.5. The van der Waals surface area contributed by atoms with Crippen LogP contribution in [0.4, 0.5) is 0 Å². The highest BCUT2D eigenvalue weighted by Crippen LogP contribution is 2.33. The predicted molar refractivity (Wildman–Crippen MR) is 93.2 cm³/mol. The summed E-state index contributed by atoms with van der Waals surface area (Å²) in [5.74, 6) is 1.05. The Morgan fingerprint density at radius 2 is 1.76 bits per heavy atom. The Balaban J connectivity index is 2.24. The van der Waals surface area contributed by atoms with Gasteiger partial charge in [-0.3, -0.25) is 9.36 Å². The third-order valence-corrected chi connectivity index (χ3v) is 3.83. The van der Waals surface area contributed by atoms with Crippen molar-refractivity contribution in [3.05, 3.63) is 53.9 Å². The summed E-state index contributed by atoms with van der Waals surface area (Å²) in [6.45, 7) is 1.98. The van der Waals surface area contributed by atoms with E-state index in [9.17, 15) is 4.79 Å². The van der Waals surface area contributed by atoms with Gasteiger partial charge in [-0.2, -0.15) is 0 Å². The fourth-order valence-corrected chi connectivity index (χ4v) is 2.54. The van der Waals surface area contributed by atoms with E-state index in [-0.39, 0.29) is 5.82 Å². The number of carbonyl (C=O) groups is 1. The fraction of sp³-hybridized carbons (Fsp3) is 0.167. The van der Waals surface area contributed by atoms with Crippen LogP contribution in [0.5, 0.6) is 11.5 Å². The first-order valence-electron chi connectivity index (χ1n) is 7.59. The summed E-state index contributed by atoms with van der Waals surface area (Å²) in [4.78, 5) is 11.8. The molecule has 1 heterocycles. The van der Waals surface area contributed by atoms with Crippen molar-refractivity contribution < 1.29 is 14.3 Å². The molecule has 0 saturated heterocycles. The molecule has 2 N–H and O–H groups in total. The molecule has 7 nitrogen and oxygen atoms in total. The van der Waals surface area contributed by atoms with Crippen molar-refractivity contribution in [2.45, 2.75) is 6.92 Å². The van der Waals surface area contributed by atoms with Gasteiger partial charge in [-0.15, -0.1) is 10.2 Å². The lowest BCUT2D eigenvalue weighted by Gasteiger charge is -2.13. The average Bonchev–Trinajstić information content (AvgIpc) is 3.06. The number of amides is 1. The molecular weight excluding hydrogens is 320 g/mol. The van der Waals surface area contributed by atoms with Gasteiger partial charge in [0, 0.05) is 11.8 Å². The Hall–Kier alpha value is -3.35. The number of carbonyl (C=O) groups excluding carboxylic acids is 1. The van der Waals surface area contributed by atoms with E-state index in [4.69, 9.17) is 15.2 Å². The minimum Gasteiger partial charge on any atom is -0.497 e. The maximum absolute atomic E-state index is 11.8. The summed E-state index contributed by atoms with van der Waals surface area (Å²) in [6, 6.07) is 13.0. The monoisotopic (exact) mass is 338 g/mol. The van der Waals surface area contributed by atoms with Gasteiger partial charge in [0.15, 0.2) is 5.82 Å². The summed E-state index contributed by atoms with van der Waals surface area (Å²) < 4.78 is 12.3. The van der Waals surface area contributed by atoms with E-state index in [0.717, 1.165) is 11.3 Å². The van der Waals surface area contributed by atoms with Gasteiger partial charge < -0.3 is 15.2 Å². The van der Waals surface area contributed by atoms with Crippen LogP contribution in [0.2, 0.25) is 0 Å². The second kappa shape index (κ2) is 6.64. The molecule has 0 fully saturated rings. The van der Waals surface area contributed by atoms with E-state index in [1.54, 1.807) is 37.0 Å². The van der Waals surface area contributed by atoms with Crippen LogP contribution < -0.4 is 15.2 Å². The maximum atomic E-state index is 11.8. The molecule has 2 aromatic carbocycles. The number of aryl methyl sites for hydroxylation is 1. The molecular formula is C18H18N4O3. The van der Waals surface area contributed by atoms with Crippen molar-refractivity contribution >= 4 is 5.91 Å². The highest BCUT2D eigenvalue weighted by Gasteiger charge is 2.21. The lowest BCUT2D eigenvalue weighted by atomic mass is 10.1. The van der Waals surface area contributed by atoms with Crippen LogP contribution in [0.25, 0.3) is 17.1 Å². The minimum absolute atomic E-state index is 0.0525. The van der Waals surface area contributed by atoms with Crippen molar-refractivity contribution in [3.8, 4) is 28.6 Å². The van der Waals surface area contributed by atoms with Crippen molar-refractivity contribution in [1.82, 2.24) is 14.8 Å². The summed E-state index contributed by atoms with van der Waals surface area (Å²) in [7, 11) is 3.13. The second-order valence-electron chi connectivity index (χ2n) is 5.45. The van der Waals surface area contributed by atoms with Gasteiger partial charge in [-0.1, -0.05) is 17.7 Å². The first kappa shape index (κ1) is 16.5. The van der Waals surface area contributed by atoms with Crippen molar-refractivity contribution in [1.29, 1.82) is 0 Å². The number of nitrogens with zero attached hydrogens (tertiary/aromatic N) is 3. The molecule has 3 aromatic rings. The number of benzene rings is 2. The number of ether oxygens (including phenoxy) is 2. The molecule has 1 aromatic heterocycles. The van der Waals surface area contributed by atoms with Crippen LogP contribution in [0.3, 0.4) is 0 Å². The molecule has 128 valence electrons. The van der Waals surface area contributed by atoms with Crippen LogP contribution in [-0.4, -0.2) is 34.9 Å². The number of hydrogen-bond donors (Lipinski definition) is 1. The van der Waals surface area contributed by atoms with Crippen LogP contribution >= 0.6 is 0 Å². The van der Waals surface area contributed by atoms with E-state index in [1.807, 2.05) is 31.2 Å². The van der Waals surface area contributed by atoms with Crippen molar-refractivity contribution in [3.63, 3.8) is 0 Å². The lowest BCUT2D eigenvalue weighted by molar-refractivity contribution is 0.0988. The number of aromatic nitrogens is 3. The van der Waals surface area contributed by atoms with E-state index in [2.05, 4.69) is 10.2 Å². The number of primary amides is 1. The third kappa shape index (κ3) is 3.03. The molecule has 0 atom stereocenters. The van der Waals surface area contributed by atoms with Crippen LogP contribution in [0.15, 0.2) is 42.5 Å². The standard InChI is InChI=1S/C18H18N4O3/c1-11-4-6-12(7-5-11)22-17(20-21-18(22)16(19)23)14-9-8-13(24-2)10-15(14)25-3/h4-10H,1-3H3,(H2,19,23). The van der Waals surface area contributed by atoms with Gasteiger partial charge in [0.1, 0.15) is 11.5 Å². The fourth-order valence-electron chi connectivity index (χ4n) is 2.54. The molecule has 0 bridgehead atoms. The third-order valence-electron chi connectivity index (χ3n) is 3.83. The summed E-state index contributed by atoms with van der Waals surface area (Å²) in [5, 5.41) is 8.12. The second-order valence-corrected chi connectivity index (χ2v) is 5.45. The quantitative estimate of drug-likeness (QED) is 0.771. The zero-order chi connectivity index (χ0) is 18.0. The molecule has 0 saturated carbocycles. The zero-order valence-electron chi connectivity index (χ0n) is 14.2. The Kier molecular flexibility index (Phi) is 4.38. The topological polar surface area (TPSA) is 92.3 Å². The SMILES string of the molecule is COc1ccc(-c2nnc(C(N)=O)n2-c2ccc(C)cc2)c(OC)c1. The van der Waals surface area contributed by atoms with E-state index in [0.29, 0.717) is 22.9 Å². The van der Waals surface area contributed by atoms with Crippen LogP contribution in [0.1, 0.15) is 16.2 Å². The first-order valence-corrected chi connectivity index (χ1v) is 7.59. The molecule has 0 aliphatic carbocycles. The Bertz CT molecular complexity index is 917. The van der Waals surface area contributed by atoms with Crippen LogP contribution in [-0.2, 0) is 0 Å². The van der Waals surface area contributed by atoms with Crippen molar-refractivity contribution in [2.75, 3.05) is 14.2 Å². The molecule has 0 unspecified atom stereocenters. The summed E-state index contributed by atoms with van der Waals surface area (Å²) in [6.07, 6.45) is 0. The summed E-state index contributed by atoms with van der Waals surface area (Å²) >= 11 is 0. The Labute approximate surface area is 145 Å². The molecule has 0 spiro atoms. The average molecular weight is 338 g/mol. The number of methoxy groups -OCH3 is 2.